The summed E-state index contributed by atoms with van der Waals surface area (Å²) in [5, 5.41) is 0. The van der Waals surface area contributed by atoms with Gasteiger partial charge in [0.1, 0.15) is 11.5 Å². The molecule has 90 valence electrons. The third-order valence-electron chi connectivity index (χ3n) is 2.24. The number of hydrogen-bond acceptors (Lipinski definition) is 3. The molecule has 0 spiro atoms. The Hall–Kier alpha value is -1.19. The van der Waals surface area contributed by atoms with Gasteiger partial charge in [-0.15, -0.1) is 12.4 Å². The van der Waals surface area contributed by atoms with Gasteiger partial charge in [-0.05, 0) is 30.7 Å². The van der Waals surface area contributed by atoms with Crippen molar-refractivity contribution in [3.63, 3.8) is 0 Å². The van der Waals surface area contributed by atoms with Gasteiger partial charge in [-0.1, -0.05) is 12.7 Å². The molecule has 0 unspecified atom stereocenters. The minimum Gasteiger partial charge on any atom is -0.496 e. The predicted molar refractivity (Wildman–Crippen MR) is 69.6 cm³/mol. The summed E-state index contributed by atoms with van der Waals surface area (Å²) in [5.74, 6) is 1.54. The van der Waals surface area contributed by atoms with Gasteiger partial charge in [0.05, 0.1) is 19.8 Å². The van der Waals surface area contributed by atoms with Crippen LogP contribution < -0.4 is 15.2 Å². The maximum absolute atomic E-state index is 5.51. The maximum atomic E-state index is 5.51. The molecule has 1 aromatic carbocycles. The van der Waals surface area contributed by atoms with E-state index in [2.05, 4.69) is 6.58 Å². The van der Waals surface area contributed by atoms with Crippen LogP contribution >= 0.6 is 12.4 Å². The lowest BCUT2D eigenvalue weighted by atomic mass is 10.1. The largest absolute Gasteiger partial charge is 0.496 e. The number of hydrogen-bond donors (Lipinski definition) is 1. The van der Waals surface area contributed by atoms with Crippen molar-refractivity contribution in [1.82, 2.24) is 0 Å². The Kier molecular flexibility index (Phi) is 6.61. The zero-order chi connectivity index (χ0) is 11.3. The maximum Gasteiger partial charge on any atom is 0.130 e. The van der Waals surface area contributed by atoms with E-state index in [0.717, 1.165) is 29.0 Å². The average Bonchev–Trinajstić information content (AvgIpc) is 2.28. The molecule has 0 radical (unpaired) electrons. The number of methoxy groups -OCH3 is 2. The van der Waals surface area contributed by atoms with Gasteiger partial charge in [-0.25, -0.2) is 0 Å². The zero-order valence-corrected chi connectivity index (χ0v) is 10.5. The quantitative estimate of drug-likeness (QED) is 0.863. The van der Waals surface area contributed by atoms with Crippen LogP contribution in [0.15, 0.2) is 18.7 Å². The third-order valence-corrected chi connectivity index (χ3v) is 2.24. The molecule has 0 aliphatic rings. The molecule has 0 aliphatic carbocycles. The first kappa shape index (κ1) is 14.8. The number of benzene rings is 1. The first-order valence-corrected chi connectivity index (χ1v) is 4.84. The Morgan fingerprint density at radius 1 is 1.25 bits per heavy atom. The molecule has 0 aliphatic heterocycles. The predicted octanol–water partition coefficient (Wildman–Crippen LogP) is 2.27. The Balaban J connectivity index is 0.00000225. The molecule has 2 N–H and O–H groups in total. The smallest absolute Gasteiger partial charge is 0.130 e. The van der Waals surface area contributed by atoms with E-state index in [4.69, 9.17) is 15.2 Å². The Morgan fingerprint density at radius 3 is 2.06 bits per heavy atom. The summed E-state index contributed by atoms with van der Waals surface area (Å²) in [6, 6.07) is 3.93. The van der Waals surface area contributed by atoms with Crippen LogP contribution in [0.4, 0.5) is 0 Å². The lowest BCUT2D eigenvalue weighted by Crippen LogP contribution is -2.04. The van der Waals surface area contributed by atoms with Crippen molar-refractivity contribution < 1.29 is 9.47 Å². The molecule has 1 aromatic rings. The number of halogens is 1. The van der Waals surface area contributed by atoms with E-state index >= 15 is 0 Å². The van der Waals surface area contributed by atoms with Gasteiger partial charge in [0, 0.05) is 0 Å². The fraction of sp³-hybridized carbons (Fsp3) is 0.333. The standard InChI is InChI=1S/C12H17NO2.ClH/c1-4-10-11(14-2)7-9(5-6-13)8-12(10)15-3;/h4,7-8H,1,5-6,13H2,2-3H3;1H. The van der Waals surface area contributed by atoms with E-state index in [0.29, 0.717) is 6.54 Å². The summed E-state index contributed by atoms with van der Waals surface area (Å²) in [6.07, 6.45) is 2.54. The summed E-state index contributed by atoms with van der Waals surface area (Å²) in [5.41, 5.74) is 7.50. The zero-order valence-electron chi connectivity index (χ0n) is 9.66. The third kappa shape index (κ3) is 3.15. The molecule has 0 bridgehead atoms. The Labute approximate surface area is 103 Å². The molecule has 16 heavy (non-hydrogen) atoms. The second kappa shape index (κ2) is 7.14. The van der Waals surface area contributed by atoms with Gasteiger partial charge in [0.2, 0.25) is 0 Å². The molecule has 3 nitrogen and oxygen atoms in total. The molecule has 4 heteroatoms. The average molecular weight is 244 g/mol. The highest BCUT2D eigenvalue weighted by Gasteiger charge is 2.08. The van der Waals surface area contributed by atoms with E-state index in [1.165, 1.54) is 0 Å². The summed E-state index contributed by atoms with van der Waals surface area (Å²) in [4.78, 5) is 0. The van der Waals surface area contributed by atoms with Crippen LogP contribution in [0.1, 0.15) is 11.1 Å². The highest BCUT2D eigenvalue weighted by atomic mass is 35.5. The van der Waals surface area contributed by atoms with E-state index < -0.39 is 0 Å². The first-order valence-electron chi connectivity index (χ1n) is 4.84. The Bertz CT molecular complexity index is 328. The molecule has 0 aromatic heterocycles. The minimum absolute atomic E-state index is 0. The normalized spacial score (nSPS) is 9.19. The van der Waals surface area contributed by atoms with Crippen LogP contribution in [0, 0.1) is 0 Å². The van der Waals surface area contributed by atoms with Crippen molar-refractivity contribution in [2.45, 2.75) is 6.42 Å². The van der Waals surface area contributed by atoms with Crippen LogP contribution in [0.2, 0.25) is 0 Å². The molecule has 0 saturated carbocycles. The van der Waals surface area contributed by atoms with Crippen LogP contribution in [-0.2, 0) is 6.42 Å². The van der Waals surface area contributed by atoms with Gasteiger partial charge < -0.3 is 15.2 Å². The van der Waals surface area contributed by atoms with Crippen LogP contribution in [0.25, 0.3) is 6.08 Å². The monoisotopic (exact) mass is 243 g/mol. The number of nitrogens with two attached hydrogens (primary N) is 1. The summed E-state index contributed by atoms with van der Waals surface area (Å²) < 4.78 is 10.5. The lowest BCUT2D eigenvalue weighted by molar-refractivity contribution is 0.391. The second-order valence-electron chi connectivity index (χ2n) is 3.16. The molecule has 0 fully saturated rings. The molecule has 0 heterocycles. The van der Waals surface area contributed by atoms with E-state index in [9.17, 15) is 0 Å². The molecule has 1 rings (SSSR count). The van der Waals surface area contributed by atoms with Crippen molar-refractivity contribution in [3.8, 4) is 11.5 Å². The fourth-order valence-corrected chi connectivity index (χ4v) is 1.51. The summed E-state index contributed by atoms with van der Waals surface area (Å²) in [6.45, 7) is 4.35. The first-order chi connectivity index (χ1) is 7.26. The van der Waals surface area contributed by atoms with Crippen molar-refractivity contribution in [1.29, 1.82) is 0 Å². The van der Waals surface area contributed by atoms with Gasteiger partial charge in [0.25, 0.3) is 0 Å². The molecular formula is C12H18ClNO2. The highest BCUT2D eigenvalue weighted by molar-refractivity contribution is 5.85. The lowest BCUT2D eigenvalue weighted by Gasteiger charge is -2.12. The summed E-state index contributed by atoms with van der Waals surface area (Å²) >= 11 is 0. The Morgan fingerprint density at radius 2 is 1.75 bits per heavy atom. The van der Waals surface area contributed by atoms with Gasteiger partial charge in [-0.2, -0.15) is 0 Å². The van der Waals surface area contributed by atoms with Gasteiger partial charge in [0.15, 0.2) is 0 Å². The SMILES string of the molecule is C=Cc1c(OC)cc(CCN)cc1OC.Cl. The van der Waals surface area contributed by atoms with Crippen molar-refractivity contribution in [2.75, 3.05) is 20.8 Å². The second-order valence-corrected chi connectivity index (χ2v) is 3.16. The molecule has 0 amide bonds. The van der Waals surface area contributed by atoms with E-state index in [1.807, 2.05) is 12.1 Å². The molecular weight excluding hydrogens is 226 g/mol. The summed E-state index contributed by atoms with van der Waals surface area (Å²) in [7, 11) is 3.27. The van der Waals surface area contributed by atoms with Gasteiger partial charge >= 0.3 is 0 Å². The van der Waals surface area contributed by atoms with Crippen molar-refractivity contribution >= 4 is 18.5 Å². The molecule has 0 atom stereocenters. The highest BCUT2D eigenvalue weighted by Crippen LogP contribution is 2.31. The number of ether oxygens (including phenoxy) is 2. The van der Waals surface area contributed by atoms with Crippen LogP contribution in [-0.4, -0.2) is 20.8 Å². The fourth-order valence-electron chi connectivity index (χ4n) is 1.51. The van der Waals surface area contributed by atoms with Crippen molar-refractivity contribution in [2.24, 2.45) is 5.73 Å². The molecule has 0 saturated heterocycles. The number of rotatable bonds is 5. The van der Waals surface area contributed by atoms with E-state index in [1.54, 1.807) is 20.3 Å². The minimum atomic E-state index is 0. The van der Waals surface area contributed by atoms with Crippen LogP contribution in [0.5, 0.6) is 11.5 Å². The van der Waals surface area contributed by atoms with Gasteiger partial charge in [-0.3, -0.25) is 0 Å². The van der Waals surface area contributed by atoms with Crippen molar-refractivity contribution in [3.05, 3.63) is 29.8 Å². The van der Waals surface area contributed by atoms with Crippen LogP contribution in [0.3, 0.4) is 0 Å². The van der Waals surface area contributed by atoms with E-state index in [-0.39, 0.29) is 12.4 Å². The topological polar surface area (TPSA) is 44.5 Å².